The Morgan fingerprint density at radius 2 is 2.12 bits per heavy atom. The molecule has 0 heterocycles. The minimum atomic E-state index is -1.35. The fraction of sp³-hybridized carbons (Fsp3) is 0.538. The average Bonchev–Trinajstić information content (AvgIpc) is 2.29. The summed E-state index contributed by atoms with van der Waals surface area (Å²) in [6, 6.07) is 5.85. The van der Waals surface area contributed by atoms with E-state index in [1.165, 1.54) is 24.0 Å². The molecule has 1 aliphatic rings. The van der Waals surface area contributed by atoms with Crippen LogP contribution in [0.15, 0.2) is 18.2 Å². The van der Waals surface area contributed by atoms with Gasteiger partial charge in [-0.3, -0.25) is 0 Å². The molecule has 86 valence electrons. The molecule has 2 N–H and O–H groups in total. The highest BCUT2D eigenvalue weighted by molar-refractivity contribution is 6.58. The summed E-state index contributed by atoms with van der Waals surface area (Å²) in [5.41, 5.74) is 3.51. The van der Waals surface area contributed by atoms with E-state index in [4.69, 9.17) is 0 Å². The van der Waals surface area contributed by atoms with Crippen LogP contribution in [0, 0.1) is 0 Å². The molecule has 2 nitrogen and oxygen atoms in total. The number of hydrogen-bond donors (Lipinski definition) is 2. The van der Waals surface area contributed by atoms with E-state index < -0.39 is 7.12 Å². The first-order valence-electron chi connectivity index (χ1n) is 6.06. The van der Waals surface area contributed by atoms with Gasteiger partial charge in [-0.1, -0.05) is 32.0 Å². The van der Waals surface area contributed by atoms with Crippen molar-refractivity contribution in [2.45, 2.75) is 44.9 Å². The van der Waals surface area contributed by atoms with Gasteiger partial charge in [-0.2, -0.15) is 0 Å². The molecule has 0 spiro atoms. The monoisotopic (exact) mass is 218 g/mol. The maximum absolute atomic E-state index is 9.22. The fourth-order valence-corrected chi connectivity index (χ4v) is 2.71. The van der Waals surface area contributed by atoms with Crippen LogP contribution in [0.4, 0.5) is 0 Å². The molecular weight excluding hydrogens is 199 g/mol. The zero-order valence-electron chi connectivity index (χ0n) is 10.0. The number of hydrogen-bond acceptors (Lipinski definition) is 2. The van der Waals surface area contributed by atoms with Gasteiger partial charge in [-0.15, -0.1) is 0 Å². The van der Waals surface area contributed by atoms with Crippen LogP contribution < -0.4 is 5.46 Å². The molecule has 0 aliphatic heterocycles. The van der Waals surface area contributed by atoms with Gasteiger partial charge in [0, 0.05) is 0 Å². The van der Waals surface area contributed by atoms with E-state index in [1.54, 1.807) is 0 Å². The Balaban J connectivity index is 2.49. The van der Waals surface area contributed by atoms with Gasteiger partial charge in [-0.25, -0.2) is 0 Å². The predicted octanol–water partition coefficient (Wildman–Crippen LogP) is 1.37. The lowest BCUT2D eigenvalue weighted by Gasteiger charge is -2.35. The summed E-state index contributed by atoms with van der Waals surface area (Å²) in [4.78, 5) is 0. The Bertz CT molecular complexity index is 390. The van der Waals surface area contributed by atoms with Gasteiger partial charge >= 0.3 is 7.12 Å². The van der Waals surface area contributed by atoms with Gasteiger partial charge in [-0.05, 0) is 47.7 Å². The second kappa shape index (κ2) is 4.23. The molecule has 0 radical (unpaired) electrons. The van der Waals surface area contributed by atoms with Crippen molar-refractivity contribution in [3.63, 3.8) is 0 Å². The van der Waals surface area contributed by atoms with Crippen LogP contribution >= 0.6 is 0 Å². The molecule has 16 heavy (non-hydrogen) atoms. The molecule has 0 saturated heterocycles. The number of benzene rings is 1. The summed E-state index contributed by atoms with van der Waals surface area (Å²) in [7, 11) is -1.35. The zero-order chi connectivity index (χ0) is 11.8. The minimum Gasteiger partial charge on any atom is -0.423 e. The van der Waals surface area contributed by atoms with Crippen molar-refractivity contribution in [2.24, 2.45) is 0 Å². The smallest absolute Gasteiger partial charge is 0.423 e. The third-order valence-corrected chi connectivity index (χ3v) is 4.04. The van der Waals surface area contributed by atoms with E-state index in [-0.39, 0.29) is 5.41 Å². The van der Waals surface area contributed by atoms with Crippen LogP contribution in [-0.4, -0.2) is 17.2 Å². The summed E-state index contributed by atoms with van der Waals surface area (Å²) in [6.45, 7) is 4.48. The van der Waals surface area contributed by atoms with Crippen molar-refractivity contribution in [3.05, 3.63) is 29.3 Å². The van der Waals surface area contributed by atoms with Crippen molar-refractivity contribution in [1.82, 2.24) is 0 Å². The van der Waals surface area contributed by atoms with E-state index in [9.17, 15) is 10.0 Å². The summed E-state index contributed by atoms with van der Waals surface area (Å²) in [6.07, 6.45) is 4.65. The van der Waals surface area contributed by atoms with Crippen molar-refractivity contribution in [3.8, 4) is 0 Å². The van der Waals surface area contributed by atoms with Crippen LogP contribution in [-0.2, 0) is 11.8 Å². The maximum Gasteiger partial charge on any atom is 0.488 e. The lowest BCUT2D eigenvalue weighted by molar-refractivity contribution is 0.381. The quantitative estimate of drug-likeness (QED) is 0.736. The molecule has 0 aromatic heterocycles. The second-order valence-electron chi connectivity index (χ2n) is 5.06. The molecule has 1 aromatic carbocycles. The zero-order valence-corrected chi connectivity index (χ0v) is 10.0. The van der Waals surface area contributed by atoms with Crippen molar-refractivity contribution in [1.29, 1.82) is 0 Å². The largest absolute Gasteiger partial charge is 0.488 e. The van der Waals surface area contributed by atoms with Crippen molar-refractivity contribution >= 4 is 12.6 Å². The normalized spacial score (nSPS) is 24.0. The fourth-order valence-electron chi connectivity index (χ4n) is 2.71. The van der Waals surface area contributed by atoms with E-state index in [0.29, 0.717) is 5.46 Å². The molecule has 0 bridgehead atoms. The second-order valence-corrected chi connectivity index (χ2v) is 5.06. The van der Waals surface area contributed by atoms with Crippen LogP contribution in [0.5, 0.6) is 0 Å². The highest BCUT2D eigenvalue weighted by atomic mass is 16.4. The van der Waals surface area contributed by atoms with Gasteiger partial charge in [0.05, 0.1) is 0 Å². The van der Waals surface area contributed by atoms with Crippen LogP contribution in [0.3, 0.4) is 0 Å². The highest BCUT2D eigenvalue weighted by Crippen LogP contribution is 2.38. The molecule has 0 fully saturated rings. The highest BCUT2D eigenvalue weighted by Gasteiger charge is 2.31. The van der Waals surface area contributed by atoms with Crippen LogP contribution in [0.2, 0.25) is 0 Å². The summed E-state index contributed by atoms with van der Waals surface area (Å²) >= 11 is 0. The molecular formula is C13H19BO2. The Morgan fingerprint density at radius 1 is 1.38 bits per heavy atom. The Morgan fingerprint density at radius 3 is 2.75 bits per heavy atom. The Labute approximate surface area is 97.5 Å². The minimum absolute atomic E-state index is 0.207. The van der Waals surface area contributed by atoms with Gasteiger partial charge in [0.2, 0.25) is 0 Å². The maximum atomic E-state index is 9.22. The van der Waals surface area contributed by atoms with Crippen LogP contribution in [0.25, 0.3) is 0 Å². The molecule has 2 rings (SSSR count). The van der Waals surface area contributed by atoms with E-state index in [1.807, 2.05) is 12.1 Å². The van der Waals surface area contributed by atoms with E-state index >= 15 is 0 Å². The SMILES string of the molecule is CCC1(C)CCCc2ccc(B(O)O)cc21. The van der Waals surface area contributed by atoms with E-state index in [0.717, 1.165) is 12.8 Å². The average molecular weight is 218 g/mol. The van der Waals surface area contributed by atoms with Crippen molar-refractivity contribution in [2.75, 3.05) is 0 Å². The molecule has 1 unspecified atom stereocenters. The molecule has 1 atom stereocenters. The molecule has 3 heteroatoms. The Hall–Kier alpha value is -0.795. The number of aryl methyl sites for hydroxylation is 1. The standard InChI is InChI=1S/C13H19BO2/c1-3-13(2)8-4-5-10-6-7-11(14(15)16)9-12(10)13/h6-7,9,15-16H,3-5,8H2,1-2H3. The first-order valence-corrected chi connectivity index (χ1v) is 6.06. The van der Waals surface area contributed by atoms with Gasteiger partial charge in [0.15, 0.2) is 0 Å². The van der Waals surface area contributed by atoms with Gasteiger partial charge < -0.3 is 10.0 Å². The first-order chi connectivity index (χ1) is 7.57. The summed E-state index contributed by atoms with van der Waals surface area (Å²) in [5.74, 6) is 0. The molecule has 1 aromatic rings. The predicted molar refractivity (Wildman–Crippen MR) is 66.8 cm³/mol. The molecule has 1 aliphatic carbocycles. The molecule has 0 saturated carbocycles. The van der Waals surface area contributed by atoms with Gasteiger partial charge in [0.25, 0.3) is 0 Å². The topological polar surface area (TPSA) is 40.5 Å². The van der Waals surface area contributed by atoms with Crippen molar-refractivity contribution < 1.29 is 10.0 Å². The first kappa shape index (κ1) is 11.7. The van der Waals surface area contributed by atoms with Gasteiger partial charge in [0.1, 0.15) is 0 Å². The number of fused-ring (bicyclic) bond motifs is 1. The molecule has 0 amide bonds. The summed E-state index contributed by atoms with van der Waals surface area (Å²) in [5, 5.41) is 18.4. The van der Waals surface area contributed by atoms with Crippen LogP contribution in [0.1, 0.15) is 44.2 Å². The number of rotatable bonds is 2. The Kier molecular flexibility index (Phi) is 3.09. The summed E-state index contributed by atoms with van der Waals surface area (Å²) < 4.78 is 0. The van der Waals surface area contributed by atoms with E-state index in [2.05, 4.69) is 19.9 Å². The lowest BCUT2D eigenvalue weighted by Crippen LogP contribution is -2.34. The lowest BCUT2D eigenvalue weighted by atomic mass is 9.67. The third-order valence-electron chi connectivity index (χ3n) is 4.04. The third kappa shape index (κ3) is 1.90.